The lowest BCUT2D eigenvalue weighted by molar-refractivity contribution is 0.603. The summed E-state index contributed by atoms with van der Waals surface area (Å²) in [5, 5.41) is 1.74. The molecule has 0 aliphatic carbocycles. The average Bonchev–Trinajstić information content (AvgIpc) is 2.41. The predicted octanol–water partition coefficient (Wildman–Crippen LogP) is 5.13. The molecule has 4 heteroatoms. The van der Waals surface area contributed by atoms with Crippen LogP contribution in [0.3, 0.4) is 0 Å². The van der Waals surface area contributed by atoms with Crippen molar-refractivity contribution in [2.75, 3.05) is 0 Å². The molecule has 0 aromatic heterocycles. The SMILES string of the molecule is [O-][S+](C=Cc1ccc(Br)cc1)Cc1ccc(Br)cc1. The summed E-state index contributed by atoms with van der Waals surface area (Å²) in [6.07, 6.45) is 1.89. The number of hydrogen-bond acceptors (Lipinski definition) is 1. The molecule has 0 fully saturated rings. The molecule has 0 N–H and O–H groups in total. The van der Waals surface area contributed by atoms with Gasteiger partial charge in [0, 0.05) is 14.5 Å². The minimum absolute atomic E-state index is 0.542. The van der Waals surface area contributed by atoms with Crippen molar-refractivity contribution in [3.63, 3.8) is 0 Å². The van der Waals surface area contributed by atoms with Gasteiger partial charge in [-0.25, -0.2) is 0 Å². The Hall–Kier alpha value is -0.550. The molecule has 0 spiro atoms. The maximum absolute atomic E-state index is 11.9. The smallest absolute Gasteiger partial charge is 0.135 e. The van der Waals surface area contributed by atoms with Crippen LogP contribution in [0.1, 0.15) is 11.1 Å². The summed E-state index contributed by atoms with van der Waals surface area (Å²) in [4.78, 5) is 0. The summed E-state index contributed by atoms with van der Waals surface area (Å²) in [7, 11) is 0. The molecule has 0 aliphatic heterocycles. The third-order valence-corrected chi connectivity index (χ3v) is 4.62. The highest BCUT2D eigenvalue weighted by atomic mass is 79.9. The maximum atomic E-state index is 11.9. The third-order valence-electron chi connectivity index (χ3n) is 2.50. The Morgan fingerprint density at radius 1 is 0.895 bits per heavy atom. The third kappa shape index (κ3) is 5.15. The quantitative estimate of drug-likeness (QED) is 0.653. The fourth-order valence-electron chi connectivity index (χ4n) is 1.52. The molecule has 98 valence electrons. The van der Waals surface area contributed by atoms with Gasteiger partial charge in [-0.15, -0.1) is 0 Å². The molecule has 2 aromatic carbocycles. The second-order valence-electron chi connectivity index (χ2n) is 4.01. The van der Waals surface area contributed by atoms with E-state index in [4.69, 9.17) is 0 Å². The standard InChI is InChI=1S/C15H12Br2OS/c16-14-5-1-12(2-6-14)9-10-19(18)11-13-3-7-15(17)8-4-13/h1-10H,11H2. The van der Waals surface area contributed by atoms with Crippen molar-refractivity contribution in [3.8, 4) is 0 Å². The van der Waals surface area contributed by atoms with Gasteiger partial charge in [-0.05, 0) is 47.1 Å². The fourth-order valence-corrected chi connectivity index (χ4v) is 2.98. The first-order valence-corrected chi connectivity index (χ1v) is 8.66. The maximum Gasteiger partial charge on any atom is 0.135 e. The van der Waals surface area contributed by atoms with E-state index < -0.39 is 11.2 Å². The van der Waals surface area contributed by atoms with Crippen LogP contribution in [0.2, 0.25) is 0 Å². The monoisotopic (exact) mass is 398 g/mol. The van der Waals surface area contributed by atoms with Crippen LogP contribution in [0.15, 0.2) is 62.9 Å². The normalized spacial score (nSPS) is 12.8. The van der Waals surface area contributed by atoms with Crippen molar-refractivity contribution in [3.05, 3.63) is 74.0 Å². The lowest BCUT2D eigenvalue weighted by Gasteiger charge is -2.05. The van der Waals surface area contributed by atoms with E-state index >= 15 is 0 Å². The van der Waals surface area contributed by atoms with E-state index in [9.17, 15) is 4.55 Å². The van der Waals surface area contributed by atoms with Crippen LogP contribution in [0, 0.1) is 0 Å². The molecule has 2 aromatic rings. The molecular weight excluding hydrogens is 388 g/mol. The Labute approximate surface area is 133 Å². The molecule has 1 nitrogen and oxygen atoms in total. The van der Waals surface area contributed by atoms with Crippen molar-refractivity contribution in [2.45, 2.75) is 5.75 Å². The van der Waals surface area contributed by atoms with E-state index in [1.165, 1.54) is 0 Å². The fraction of sp³-hybridized carbons (Fsp3) is 0.0667. The highest BCUT2D eigenvalue weighted by Gasteiger charge is 2.03. The molecule has 0 amide bonds. The van der Waals surface area contributed by atoms with Gasteiger partial charge < -0.3 is 4.55 Å². The molecule has 2 rings (SSSR count). The molecule has 1 atom stereocenters. The van der Waals surface area contributed by atoms with Crippen LogP contribution >= 0.6 is 31.9 Å². The van der Waals surface area contributed by atoms with Gasteiger partial charge in [-0.3, -0.25) is 0 Å². The van der Waals surface area contributed by atoms with E-state index in [1.54, 1.807) is 5.41 Å². The zero-order valence-corrected chi connectivity index (χ0v) is 14.0. The van der Waals surface area contributed by atoms with E-state index in [2.05, 4.69) is 31.9 Å². The topological polar surface area (TPSA) is 23.1 Å². The van der Waals surface area contributed by atoms with Crippen molar-refractivity contribution < 1.29 is 4.55 Å². The Morgan fingerprint density at radius 2 is 1.42 bits per heavy atom. The van der Waals surface area contributed by atoms with Gasteiger partial charge in [0.25, 0.3) is 0 Å². The first-order chi connectivity index (χ1) is 9.13. The van der Waals surface area contributed by atoms with Crippen LogP contribution in [0.25, 0.3) is 6.08 Å². The average molecular weight is 400 g/mol. The molecular formula is C15H12Br2OS. The second-order valence-corrected chi connectivity index (χ2v) is 7.16. The molecule has 0 bridgehead atoms. The lowest BCUT2D eigenvalue weighted by atomic mass is 10.2. The van der Waals surface area contributed by atoms with Gasteiger partial charge >= 0.3 is 0 Å². The highest BCUT2D eigenvalue weighted by molar-refractivity contribution is 9.10. The van der Waals surface area contributed by atoms with E-state index in [0.29, 0.717) is 5.75 Å². The first-order valence-electron chi connectivity index (χ1n) is 5.69. The van der Waals surface area contributed by atoms with Crippen molar-refractivity contribution in [1.29, 1.82) is 0 Å². The first kappa shape index (κ1) is 14.9. The number of rotatable bonds is 4. The molecule has 0 aliphatic rings. The number of halogens is 2. The zero-order valence-electron chi connectivity index (χ0n) is 10.1. The van der Waals surface area contributed by atoms with Gasteiger partial charge in [0.15, 0.2) is 0 Å². The van der Waals surface area contributed by atoms with Gasteiger partial charge in [-0.2, -0.15) is 0 Å². The predicted molar refractivity (Wildman–Crippen MR) is 89.2 cm³/mol. The summed E-state index contributed by atoms with van der Waals surface area (Å²) in [6.45, 7) is 0. The van der Waals surface area contributed by atoms with Gasteiger partial charge in [0.1, 0.15) is 11.2 Å². The van der Waals surface area contributed by atoms with Gasteiger partial charge in [0.2, 0.25) is 0 Å². The van der Waals surface area contributed by atoms with Crippen LogP contribution in [-0.2, 0) is 16.9 Å². The van der Waals surface area contributed by atoms with E-state index in [-0.39, 0.29) is 0 Å². The Bertz CT molecular complexity index is 549. The van der Waals surface area contributed by atoms with Crippen molar-refractivity contribution in [2.24, 2.45) is 0 Å². The minimum Gasteiger partial charge on any atom is -0.612 e. The van der Waals surface area contributed by atoms with Gasteiger partial charge in [-0.1, -0.05) is 56.1 Å². The molecule has 19 heavy (non-hydrogen) atoms. The molecule has 0 radical (unpaired) electrons. The Morgan fingerprint density at radius 3 is 2.00 bits per heavy atom. The molecule has 0 heterocycles. The minimum atomic E-state index is -0.991. The Kier molecular flexibility index (Phi) is 5.70. The summed E-state index contributed by atoms with van der Waals surface area (Å²) >= 11 is 5.78. The second kappa shape index (κ2) is 7.29. The largest absolute Gasteiger partial charge is 0.612 e. The number of benzene rings is 2. The van der Waals surface area contributed by atoms with Crippen molar-refractivity contribution in [1.82, 2.24) is 0 Å². The molecule has 0 saturated carbocycles. The van der Waals surface area contributed by atoms with Gasteiger partial charge in [0.05, 0.1) is 0 Å². The van der Waals surface area contributed by atoms with Crippen LogP contribution in [0.4, 0.5) is 0 Å². The zero-order chi connectivity index (χ0) is 13.7. The number of hydrogen-bond donors (Lipinski definition) is 0. The van der Waals surface area contributed by atoms with Crippen molar-refractivity contribution >= 4 is 49.1 Å². The highest BCUT2D eigenvalue weighted by Crippen LogP contribution is 2.15. The van der Waals surface area contributed by atoms with Crippen LogP contribution in [0.5, 0.6) is 0 Å². The summed E-state index contributed by atoms with van der Waals surface area (Å²) in [5.41, 5.74) is 2.12. The van der Waals surface area contributed by atoms with Crippen LogP contribution < -0.4 is 0 Å². The van der Waals surface area contributed by atoms with E-state index in [1.807, 2.05) is 54.6 Å². The summed E-state index contributed by atoms with van der Waals surface area (Å²) in [6, 6.07) is 15.8. The lowest BCUT2D eigenvalue weighted by Crippen LogP contribution is -1.99. The molecule has 1 unspecified atom stereocenters. The van der Waals surface area contributed by atoms with Crippen LogP contribution in [-0.4, -0.2) is 4.55 Å². The summed E-state index contributed by atoms with van der Waals surface area (Å²) < 4.78 is 14.0. The molecule has 0 saturated heterocycles. The van der Waals surface area contributed by atoms with E-state index in [0.717, 1.165) is 20.1 Å². The Balaban J connectivity index is 1.95. The summed E-state index contributed by atoms with van der Waals surface area (Å²) in [5.74, 6) is 0.542.